The molecule has 5 atom stereocenters. The molecule has 5 N–H and O–H groups in total. The Morgan fingerprint density at radius 3 is 2.24 bits per heavy atom. The molecule has 3 aromatic rings. The molecule has 0 saturated carbocycles. The summed E-state index contributed by atoms with van der Waals surface area (Å²) in [6.45, 7) is 13.7. The zero-order valence-electron chi connectivity index (χ0n) is 29.7. The van der Waals surface area contributed by atoms with Gasteiger partial charge in [-0.25, -0.2) is 9.78 Å². The van der Waals surface area contributed by atoms with Crippen molar-refractivity contribution in [2.24, 2.45) is 11.8 Å². The fourth-order valence-corrected chi connectivity index (χ4v) is 5.89. The van der Waals surface area contributed by atoms with Crippen LogP contribution in [0.15, 0.2) is 53.4 Å². The Morgan fingerprint density at radius 1 is 0.918 bits per heavy atom. The molecule has 0 spiro atoms. The van der Waals surface area contributed by atoms with Gasteiger partial charge in [-0.15, -0.1) is 11.3 Å². The van der Waals surface area contributed by atoms with Crippen LogP contribution >= 0.6 is 11.3 Å². The molecular weight excluding hydrogens is 643 g/mol. The monoisotopic (exact) mass is 695 g/mol. The van der Waals surface area contributed by atoms with Crippen LogP contribution in [0.25, 0.3) is 10.8 Å². The van der Waals surface area contributed by atoms with Crippen molar-refractivity contribution in [3.8, 4) is 0 Å². The van der Waals surface area contributed by atoms with Gasteiger partial charge in [-0.1, -0.05) is 76.6 Å². The standard InChI is InChI=1S/C37H53N5O6S/c1-8-24(4)20-38-33(44)19-32(43)29(16-23(2)3)40-35(46)31(18-27-21-49-22-39-27)41-34(45)30(42-36(47)48-37(5,6)7)17-26-14-11-13-25-12-9-10-15-28(25)26/h9-15,21-24,29-32,43H,8,16-20H2,1-7H3,(H,38,44)(H,40,46)(H,41,45)(H,42,47)/t24?,29?,30-,31-,32?/m0/s1. The van der Waals surface area contributed by atoms with Crippen molar-refractivity contribution in [3.05, 3.63) is 64.6 Å². The first-order valence-corrected chi connectivity index (χ1v) is 18.0. The van der Waals surface area contributed by atoms with Gasteiger partial charge in [0.25, 0.3) is 0 Å². The number of benzene rings is 2. The summed E-state index contributed by atoms with van der Waals surface area (Å²) in [6, 6.07) is 10.6. The zero-order valence-corrected chi connectivity index (χ0v) is 30.6. The second-order valence-corrected chi connectivity index (χ2v) is 14.8. The van der Waals surface area contributed by atoms with E-state index in [1.807, 2.05) is 70.2 Å². The summed E-state index contributed by atoms with van der Waals surface area (Å²) in [4.78, 5) is 57.9. The van der Waals surface area contributed by atoms with E-state index in [0.717, 1.165) is 22.8 Å². The van der Waals surface area contributed by atoms with Crippen molar-refractivity contribution in [2.75, 3.05) is 6.54 Å². The van der Waals surface area contributed by atoms with Gasteiger partial charge in [-0.05, 0) is 55.4 Å². The lowest BCUT2D eigenvalue weighted by Gasteiger charge is -2.29. The third-order valence-electron chi connectivity index (χ3n) is 8.10. The van der Waals surface area contributed by atoms with Crippen LogP contribution in [0.4, 0.5) is 4.79 Å². The van der Waals surface area contributed by atoms with Crippen LogP contribution in [-0.2, 0) is 32.0 Å². The number of amides is 4. The summed E-state index contributed by atoms with van der Waals surface area (Å²) in [5.74, 6) is -1.02. The number of fused-ring (bicyclic) bond motifs is 1. The minimum atomic E-state index is -1.15. The summed E-state index contributed by atoms with van der Waals surface area (Å²) >= 11 is 1.36. The van der Waals surface area contributed by atoms with E-state index in [4.69, 9.17) is 4.74 Å². The lowest BCUT2D eigenvalue weighted by Crippen LogP contribution is -2.57. The van der Waals surface area contributed by atoms with E-state index in [0.29, 0.717) is 24.6 Å². The number of alkyl carbamates (subject to hydrolysis) is 1. The molecule has 11 nitrogen and oxygen atoms in total. The van der Waals surface area contributed by atoms with E-state index in [-0.39, 0.29) is 31.1 Å². The first kappa shape index (κ1) is 39.4. The summed E-state index contributed by atoms with van der Waals surface area (Å²) in [7, 11) is 0. The molecule has 0 radical (unpaired) electrons. The molecule has 0 aliphatic heterocycles. The molecule has 268 valence electrons. The van der Waals surface area contributed by atoms with Crippen LogP contribution < -0.4 is 21.3 Å². The lowest BCUT2D eigenvalue weighted by molar-refractivity contribution is -0.131. The molecule has 1 aromatic heterocycles. The summed E-state index contributed by atoms with van der Waals surface area (Å²) < 4.78 is 5.49. The molecule has 49 heavy (non-hydrogen) atoms. The van der Waals surface area contributed by atoms with Crippen LogP contribution in [0, 0.1) is 11.8 Å². The van der Waals surface area contributed by atoms with Crippen LogP contribution in [0.1, 0.15) is 79.0 Å². The van der Waals surface area contributed by atoms with Crippen molar-refractivity contribution in [3.63, 3.8) is 0 Å². The number of ether oxygens (including phenoxy) is 1. The number of carbonyl (C=O) groups excluding carboxylic acids is 4. The average molecular weight is 696 g/mol. The highest BCUT2D eigenvalue weighted by Crippen LogP contribution is 2.21. The van der Waals surface area contributed by atoms with Gasteiger partial charge in [0.1, 0.15) is 17.7 Å². The second-order valence-electron chi connectivity index (χ2n) is 14.1. The van der Waals surface area contributed by atoms with E-state index in [1.165, 1.54) is 11.3 Å². The Balaban J connectivity index is 1.86. The predicted octanol–water partition coefficient (Wildman–Crippen LogP) is 4.90. The summed E-state index contributed by atoms with van der Waals surface area (Å²) in [5, 5.41) is 26.2. The van der Waals surface area contributed by atoms with Gasteiger partial charge >= 0.3 is 6.09 Å². The van der Waals surface area contributed by atoms with E-state index in [9.17, 15) is 24.3 Å². The molecule has 0 aliphatic carbocycles. The minimum Gasteiger partial charge on any atom is -0.444 e. The van der Waals surface area contributed by atoms with Gasteiger partial charge in [-0.2, -0.15) is 0 Å². The molecule has 4 amide bonds. The second kappa shape index (κ2) is 18.7. The molecule has 3 unspecified atom stereocenters. The zero-order chi connectivity index (χ0) is 36.1. The summed E-state index contributed by atoms with van der Waals surface area (Å²) in [6.07, 6.45) is -0.549. The number of aliphatic hydroxyl groups excluding tert-OH is 1. The largest absolute Gasteiger partial charge is 0.444 e. The molecule has 12 heteroatoms. The first-order valence-electron chi connectivity index (χ1n) is 17.0. The number of carbonyl (C=O) groups is 4. The number of hydrogen-bond acceptors (Lipinski definition) is 8. The maximum Gasteiger partial charge on any atom is 0.408 e. The van der Waals surface area contributed by atoms with Crippen LogP contribution in [0.2, 0.25) is 0 Å². The minimum absolute atomic E-state index is 0.0778. The van der Waals surface area contributed by atoms with E-state index in [2.05, 4.69) is 26.3 Å². The first-order chi connectivity index (χ1) is 23.1. The number of aliphatic hydroxyl groups is 1. The Morgan fingerprint density at radius 2 is 1.59 bits per heavy atom. The molecule has 3 rings (SSSR count). The Hall–Kier alpha value is -4.03. The fraction of sp³-hybridized carbons (Fsp3) is 0.541. The van der Waals surface area contributed by atoms with Crippen LogP contribution in [0.3, 0.4) is 0 Å². The van der Waals surface area contributed by atoms with Crippen molar-refractivity contribution in [1.29, 1.82) is 0 Å². The maximum atomic E-state index is 14.0. The van der Waals surface area contributed by atoms with Gasteiger partial charge in [0.15, 0.2) is 0 Å². The van der Waals surface area contributed by atoms with Gasteiger partial charge in [0, 0.05) is 24.8 Å². The molecule has 0 saturated heterocycles. The van der Waals surface area contributed by atoms with E-state index in [1.54, 1.807) is 31.7 Å². The van der Waals surface area contributed by atoms with Gasteiger partial charge in [0.05, 0.1) is 29.8 Å². The molecule has 0 bridgehead atoms. The molecule has 0 aliphatic rings. The number of thiazole rings is 1. The van der Waals surface area contributed by atoms with Gasteiger partial charge in [0.2, 0.25) is 17.7 Å². The molecular formula is C37H53N5O6S. The maximum absolute atomic E-state index is 14.0. The topological polar surface area (TPSA) is 159 Å². The highest BCUT2D eigenvalue weighted by molar-refractivity contribution is 7.07. The normalized spacial score (nSPS) is 14.7. The number of hydrogen-bond donors (Lipinski definition) is 5. The number of nitrogens with one attached hydrogen (secondary N) is 4. The van der Waals surface area contributed by atoms with Crippen molar-refractivity contribution in [2.45, 2.75) is 110 Å². The Bertz CT molecular complexity index is 1520. The highest BCUT2D eigenvalue weighted by Gasteiger charge is 2.32. The van der Waals surface area contributed by atoms with E-state index >= 15 is 0 Å². The lowest BCUT2D eigenvalue weighted by atomic mass is 9.96. The van der Waals surface area contributed by atoms with E-state index < -0.39 is 47.7 Å². The third kappa shape index (κ3) is 13.4. The third-order valence-corrected chi connectivity index (χ3v) is 8.73. The SMILES string of the molecule is CCC(C)CNC(=O)CC(O)C(CC(C)C)NC(=O)[C@H](Cc1cscn1)NC(=O)[C@H](Cc1cccc2ccccc12)NC(=O)OC(C)(C)C. The van der Waals surface area contributed by atoms with Crippen molar-refractivity contribution < 1.29 is 29.0 Å². The Kier molecular flexibility index (Phi) is 15.0. The number of rotatable bonds is 17. The van der Waals surface area contributed by atoms with Crippen molar-refractivity contribution in [1.82, 2.24) is 26.3 Å². The van der Waals surface area contributed by atoms with Gasteiger partial charge in [-0.3, -0.25) is 14.4 Å². The Labute approximate surface area is 294 Å². The molecule has 2 aromatic carbocycles. The van der Waals surface area contributed by atoms with Gasteiger partial charge < -0.3 is 31.1 Å². The van der Waals surface area contributed by atoms with Crippen molar-refractivity contribution >= 4 is 45.9 Å². The molecule has 1 heterocycles. The average Bonchev–Trinajstić information content (AvgIpc) is 3.54. The fourth-order valence-electron chi connectivity index (χ4n) is 5.32. The molecule has 0 fully saturated rings. The summed E-state index contributed by atoms with van der Waals surface area (Å²) in [5.41, 5.74) is 2.28. The number of aromatic nitrogens is 1. The smallest absolute Gasteiger partial charge is 0.408 e. The quantitative estimate of drug-likeness (QED) is 0.134. The van der Waals surface area contributed by atoms with Crippen LogP contribution in [0.5, 0.6) is 0 Å². The highest BCUT2D eigenvalue weighted by atomic mass is 32.1. The van der Waals surface area contributed by atoms with Crippen LogP contribution in [-0.4, -0.2) is 70.3 Å². The predicted molar refractivity (Wildman–Crippen MR) is 193 cm³/mol. The number of nitrogens with zero attached hydrogens (tertiary/aromatic N) is 1.